The Bertz CT molecular complexity index is 1680. The molecule has 0 bridgehead atoms. The fourth-order valence-corrected chi connectivity index (χ4v) is 5.37. The van der Waals surface area contributed by atoms with Crippen LogP contribution in [0.15, 0.2) is 79.1 Å². The number of H-pyrrole nitrogens is 1. The Morgan fingerprint density at radius 1 is 1.07 bits per heavy atom. The first kappa shape index (κ1) is 26.5. The number of amides is 1. The van der Waals surface area contributed by atoms with Crippen molar-refractivity contribution in [1.29, 1.82) is 0 Å². The lowest BCUT2D eigenvalue weighted by Crippen LogP contribution is -2.40. The molecule has 1 aliphatic heterocycles. The Morgan fingerprint density at radius 2 is 1.88 bits per heavy atom. The van der Waals surface area contributed by atoms with Crippen molar-refractivity contribution in [2.45, 2.75) is 31.8 Å². The number of fused-ring (bicyclic) bond motifs is 1. The quantitative estimate of drug-likeness (QED) is 0.230. The van der Waals surface area contributed by atoms with E-state index in [1.807, 2.05) is 43.3 Å². The lowest BCUT2D eigenvalue weighted by atomic mass is 10.00. The molecule has 6 rings (SSSR count). The molecule has 3 heterocycles. The second-order valence-electron chi connectivity index (χ2n) is 10.6. The summed E-state index contributed by atoms with van der Waals surface area (Å²) in [4.78, 5) is 28.4. The molecule has 0 spiro atoms. The molecule has 1 aliphatic rings. The highest BCUT2D eigenvalue weighted by atomic mass is 19.1. The zero-order valence-corrected chi connectivity index (χ0v) is 22.6. The van der Waals surface area contributed by atoms with Crippen molar-refractivity contribution in [2.75, 3.05) is 18.0 Å². The molecule has 1 saturated heterocycles. The molecule has 41 heavy (non-hydrogen) atoms. The number of para-hydroxylation sites is 1. The van der Waals surface area contributed by atoms with Gasteiger partial charge < -0.3 is 26.0 Å². The molecule has 0 unspecified atom stereocenters. The van der Waals surface area contributed by atoms with E-state index in [-0.39, 0.29) is 23.3 Å². The van der Waals surface area contributed by atoms with E-state index in [2.05, 4.69) is 25.2 Å². The fourth-order valence-electron chi connectivity index (χ4n) is 5.37. The number of rotatable bonds is 6. The van der Waals surface area contributed by atoms with Crippen LogP contribution in [0.4, 0.5) is 10.2 Å². The monoisotopic (exact) mass is 550 g/mol. The van der Waals surface area contributed by atoms with Crippen molar-refractivity contribution in [3.05, 3.63) is 107 Å². The number of phenolic OH excluding ortho intramolecular Hbond substituents is 1. The van der Waals surface area contributed by atoms with Crippen LogP contribution >= 0.6 is 0 Å². The number of carbonyl (C=O) groups is 1. The van der Waals surface area contributed by atoms with Crippen LogP contribution in [0.3, 0.4) is 0 Å². The van der Waals surface area contributed by atoms with Crippen molar-refractivity contribution in [3.63, 3.8) is 0 Å². The maximum absolute atomic E-state index is 14.3. The first-order valence-corrected chi connectivity index (χ1v) is 13.7. The Kier molecular flexibility index (Phi) is 7.11. The summed E-state index contributed by atoms with van der Waals surface area (Å²) in [5.74, 6) is -0.203. The molecule has 1 amide bonds. The molecule has 5 N–H and O–H groups in total. The third-order valence-electron chi connectivity index (χ3n) is 7.57. The van der Waals surface area contributed by atoms with Crippen molar-refractivity contribution < 1.29 is 14.3 Å². The number of nitrogens with two attached hydrogens (primary N) is 1. The summed E-state index contributed by atoms with van der Waals surface area (Å²) in [5.41, 5.74) is 10.5. The minimum Gasteiger partial charge on any atom is -0.508 e. The third kappa shape index (κ3) is 5.62. The summed E-state index contributed by atoms with van der Waals surface area (Å²) in [6.07, 6.45) is 5.32. The highest BCUT2D eigenvalue weighted by molar-refractivity contribution is 5.96. The highest BCUT2D eigenvalue weighted by Crippen LogP contribution is 2.32. The van der Waals surface area contributed by atoms with Gasteiger partial charge >= 0.3 is 0 Å². The summed E-state index contributed by atoms with van der Waals surface area (Å²) in [7, 11) is 0. The number of hydrogen-bond donors (Lipinski definition) is 4. The van der Waals surface area contributed by atoms with Crippen LogP contribution in [0, 0.1) is 12.7 Å². The first-order chi connectivity index (χ1) is 19.8. The molecule has 1 atom stereocenters. The van der Waals surface area contributed by atoms with Gasteiger partial charge in [-0.2, -0.15) is 0 Å². The Morgan fingerprint density at radius 3 is 2.63 bits per heavy atom. The number of nitrogens with one attached hydrogen (secondary N) is 2. The van der Waals surface area contributed by atoms with Crippen molar-refractivity contribution in [1.82, 2.24) is 20.3 Å². The number of phenols is 1. The molecule has 2 aromatic heterocycles. The molecule has 9 heteroatoms. The maximum Gasteiger partial charge on any atom is 0.252 e. The second kappa shape index (κ2) is 11.0. The maximum atomic E-state index is 14.3. The molecule has 208 valence electrons. The van der Waals surface area contributed by atoms with Gasteiger partial charge in [-0.25, -0.2) is 9.37 Å². The minimum absolute atomic E-state index is 0.119. The Labute approximate surface area is 237 Å². The zero-order valence-electron chi connectivity index (χ0n) is 22.6. The molecular weight excluding hydrogens is 519 g/mol. The average Bonchev–Trinajstić information content (AvgIpc) is 3.41. The van der Waals surface area contributed by atoms with Crippen LogP contribution in [-0.4, -0.2) is 45.1 Å². The van der Waals surface area contributed by atoms with E-state index in [9.17, 15) is 14.3 Å². The smallest absolute Gasteiger partial charge is 0.252 e. The van der Waals surface area contributed by atoms with Crippen LogP contribution in [0.25, 0.3) is 22.2 Å². The molecule has 3 aromatic carbocycles. The van der Waals surface area contributed by atoms with E-state index >= 15 is 0 Å². The van der Waals surface area contributed by atoms with Gasteiger partial charge in [-0.1, -0.05) is 18.2 Å². The number of nitrogens with zero attached hydrogens (tertiary/aromatic N) is 3. The van der Waals surface area contributed by atoms with Gasteiger partial charge in [0, 0.05) is 47.0 Å². The molecule has 0 radical (unpaired) electrons. The predicted octanol–water partition coefficient (Wildman–Crippen LogP) is 5.22. The van der Waals surface area contributed by atoms with Gasteiger partial charge in [0.2, 0.25) is 0 Å². The Hall–Kier alpha value is -4.76. The lowest BCUT2D eigenvalue weighted by molar-refractivity contribution is 0.0942. The summed E-state index contributed by atoms with van der Waals surface area (Å²) in [5, 5.41) is 14.6. The second-order valence-corrected chi connectivity index (χ2v) is 10.6. The Balaban J connectivity index is 1.30. The van der Waals surface area contributed by atoms with Crippen molar-refractivity contribution in [3.8, 4) is 17.0 Å². The highest BCUT2D eigenvalue weighted by Gasteiger charge is 2.24. The zero-order chi connectivity index (χ0) is 28.5. The summed E-state index contributed by atoms with van der Waals surface area (Å²) < 4.78 is 14.3. The summed E-state index contributed by atoms with van der Waals surface area (Å²) in [6, 6.07) is 18.2. The van der Waals surface area contributed by atoms with Gasteiger partial charge in [-0.3, -0.25) is 9.78 Å². The van der Waals surface area contributed by atoms with E-state index in [0.29, 0.717) is 17.0 Å². The van der Waals surface area contributed by atoms with Gasteiger partial charge in [0.25, 0.3) is 5.91 Å². The van der Waals surface area contributed by atoms with Crippen LogP contribution in [0.1, 0.15) is 46.1 Å². The SMILES string of the molecule is Cc1cc(C(=O)N[C@@H](c2cc3ccccc3[nH]2)c2cc(F)ccc2O)cc(-c2cnc(N3CCC(N)CC3)cn2)c1. The summed E-state index contributed by atoms with van der Waals surface area (Å²) in [6.45, 7) is 3.61. The predicted molar refractivity (Wildman–Crippen MR) is 157 cm³/mol. The molecule has 1 fully saturated rings. The third-order valence-corrected chi connectivity index (χ3v) is 7.57. The van der Waals surface area contributed by atoms with Crippen molar-refractivity contribution in [2.24, 2.45) is 5.73 Å². The molecule has 8 nitrogen and oxygen atoms in total. The largest absolute Gasteiger partial charge is 0.508 e. The number of aromatic nitrogens is 3. The van der Waals surface area contributed by atoms with E-state index < -0.39 is 11.9 Å². The topological polar surface area (TPSA) is 120 Å². The lowest BCUT2D eigenvalue weighted by Gasteiger charge is -2.30. The van der Waals surface area contributed by atoms with Gasteiger partial charge in [0.1, 0.15) is 17.4 Å². The standard InChI is InChI=1S/C32H31FN6O2/c1-19-12-21(28-17-36-30(18-35-28)39-10-8-24(34)9-11-39)14-22(13-19)32(41)38-31(25-16-23(33)6-7-29(25)40)27-15-20-4-2-3-5-26(20)37-27/h2-7,12-18,24,31,37,40H,8-11,34H2,1H3,(H,38,41)/t31-/m1/s1. The van der Waals surface area contributed by atoms with E-state index in [1.54, 1.807) is 24.5 Å². The molecular formula is C32H31FN6O2. The van der Waals surface area contributed by atoms with E-state index in [0.717, 1.165) is 53.8 Å². The molecule has 5 aromatic rings. The first-order valence-electron chi connectivity index (χ1n) is 13.7. The fraction of sp³-hybridized carbons (Fsp3) is 0.219. The van der Waals surface area contributed by atoms with Crippen LogP contribution in [0.2, 0.25) is 0 Å². The van der Waals surface area contributed by atoms with Crippen LogP contribution < -0.4 is 16.0 Å². The van der Waals surface area contributed by atoms with Gasteiger partial charge in [0.15, 0.2) is 0 Å². The number of carbonyl (C=O) groups excluding carboxylic acids is 1. The molecule has 0 saturated carbocycles. The van der Waals surface area contributed by atoms with Crippen molar-refractivity contribution >= 4 is 22.6 Å². The van der Waals surface area contributed by atoms with Gasteiger partial charge in [-0.05, 0) is 79.2 Å². The number of benzene rings is 3. The van der Waals surface area contributed by atoms with Crippen LogP contribution in [-0.2, 0) is 0 Å². The number of hydrogen-bond acceptors (Lipinski definition) is 6. The number of aromatic hydroxyl groups is 1. The number of aromatic amines is 1. The summed E-state index contributed by atoms with van der Waals surface area (Å²) >= 11 is 0. The number of anilines is 1. The minimum atomic E-state index is -0.828. The average molecular weight is 551 g/mol. The van der Waals surface area contributed by atoms with Gasteiger partial charge in [-0.15, -0.1) is 0 Å². The number of halogens is 1. The number of aryl methyl sites for hydroxylation is 1. The van der Waals surface area contributed by atoms with E-state index in [4.69, 9.17) is 5.73 Å². The molecule has 0 aliphatic carbocycles. The van der Waals surface area contributed by atoms with Crippen LogP contribution in [0.5, 0.6) is 5.75 Å². The number of piperidine rings is 1. The van der Waals surface area contributed by atoms with E-state index in [1.165, 1.54) is 18.2 Å². The normalized spacial score (nSPS) is 14.8. The van der Waals surface area contributed by atoms with Gasteiger partial charge in [0.05, 0.1) is 24.1 Å².